The predicted molar refractivity (Wildman–Crippen MR) is 84.3 cm³/mol. The van der Waals surface area contributed by atoms with Gasteiger partial charge in [0.15, 0.2) is 0 Å². The molecule has 1 unspecified atom stereocenters. The standard InChI is InChI=1S/C17H18ClNO2/c18-15-5-3-7-17(14(15)8-9-19)20-11-13-10-12-4-1-2-6-16(12)21-13/h1-7,13H,8-11,19H2. The Bertz CT molecular complexity index is 605. The molecule has 1 heterocycles. The summed E-state index contributed by atoms with van der Waals surface area (Å²) in [5, 5.41) is 0.702. The number of halogens is 1. The van der Waals surface area contributed by atoms with Gasteiger partial charge in [-0.3, -0.25) is 0 Å². The molecule has 0 aliphatic carbocycles. The SMILES string of the molecule is NCCc1c(Cl)cccc1OCC1Cc2ccccc2O1. The smallest absolute Gasteiger partial charge is 0.137 e. The lowest BCUT2D eigenvalue weighted by Gasteiger charge is -2.15. The third kappa shape index (κ3) is 3.14. The fraction of sp³-hybridized carbons (Fsp3) is 0.294. The number of hydrogen-bond donors (Lipinski definition) is 1. The lowest BCUT2D eigenvalue weighted by Crippen LogP contribution is -2.23. The van der Waals surface area contributed by atoms with Gasteiger partial charge in [0.1, 0.15) is 24.2 Å². The summed E-state index contributed by atoms with van der Waals surface area (Å²) in [7, 11) is 0. The summed E-state index contributed by atoms with van der Waals surface area (Å²) in [5.74, 6) is 1.76. The number of rotatable bonds is 5. The molecule has 0 amide bonds. The van der Waals surface area contributed by atoms with Crippen molar-refractivity contribution in [3.05, 3.63) is 58.6 Å². The normalized spacial score (nSPS) is 16.4. The van der Waals surface area contributed by atoms with Crippen molar-refractivity contribution in [3.8, 4) is 11.5 Å². The molecule has 3 nitrogen and oxygen atoms in total. The van der Waals surface area contributed by atoms with Crippen molar-refractivity contribution in [1.82, 2.24) is 0 Å². The van der Waals surface area contributed by atoms with Gasteiger partial charge in [0, 0.05) is 17.0 Å². The van der Waals surface area contributed by atoms with Crippen molar-refractivity contribution < 1.29 is 9.47 Å². The Morgan fingerprint density at radius 3 is 2.86 bits per heavy atom. The third-order valence-electron chi connectivity index (χ3n) is 3.61. The van der Waals surface area contributed by atoms with Gasteiger partial charge in [-0.05, 0) is 36.7 Å². The molecule has 21 heavy (non-hydrogen) atoms. The Hall–Kier alpha value is -1.71. The number of nitrogens with two attached hydrogens (primary N) is 1. The van der Waals surface area contributed by atoms with Crippen LogP contribution in [0.4, 0.5) is 0 Å². The molecule has 110 valence electrons. The first-order valence-electron chi connectivity index (χ1n) is 7.12. The molecule has 1 atom stereocenters. The van der Waals surface area contributed by atoms with Crippen molar-refractivity contribution in [3.63, 3.8) is 0 Å². The fourth-order valence-electron chi connectivity index (χ4n) is 2.59. The van der Waals surface area contributed by atoms with Gasteiger partial charge in [-0.1, -0.05) is 35.9 Å². The zero-order valence-electron chi connectivity index (χ0n) is 11.7. The van der Waals surface area contributed by atoms with Gasteiger partial charge in [-0.25, -0.2) is 0 Å². The van der Waals surface area contributed by atoms with E-state index in [1.807, 2.05) is 36.4 Å². The maximum Gasteiger partial charge on any atom is 0.137 e. The molecule has 0 fully saturated rings. The van der Waals surface area contributed by atoms with Crippen LogP contribution in [0.1, 0.15) is 11.1 Å². The van der Waals surface area contributed by atoms with Gasteiger partial charge in [-0.15, -0.1) is 0 Å². The summed E-state index contributed by atoms with van der Waals surface area (Å²) in [6, 6.07) is 13.8. The van der Waals surface area contributed by atoms with E-state index < -0.39 is 0 Å². The average Bonchev–Trinajstić information content (AvgIpc) is 2.91. The van der Waals surface area contributed by atoms with E-state index >= 15 is 0 Å². The molecular formula is C17H18ClNO2. The van der Waals surface area contributed by atoms with Crippen LogP contribution in [0, 0.1) is 0 Å². The minimum atomic E-state index is 0.0482. The first-order chi connectivity index (χ1) is 10.3. The average molecular weight is 304 g/mol. The maximum absolute atomic E-state index is 6.21. The Morgan fingerprint density at radius 1 is 1.19 bits per heavy atom. The van der Waals surface area contributed by atoms with Crippen molar-refractivity contribution in [2.75, 3.05) is 13.2 Å². The van der Waals surface area contributed by atoms with Crippen LogP contribution in [-0.2, 0) is 12.8 Å². The summed E-state index contributed by atoms with van der Waals surface area (Å²) in [6.07, 6.45) is 1.64. The van der Waals surface area contributed by atoms with Gasteiger partial charge in [0.2, 0.25) is 0 Å². The number of para-hydroxylation sites is 1. The number of fused-ring (bicyclic) bond motifs is 1. The van der Waals surface area contributed by atoms with Crippen LogP contribution in [-0.4, -0.2) is 19.3 Å². The summed E-state index contributed by atoms with van der Waals surface area (Å²) in [5.41, 5.74) is 7.84. The lowest BCUT2D eigenvalue weighted by atomic mass is 10.1. The Balaban J connectivity index is 1.66. The number of ether oxygens (including phenoxy) is 2. The molecule has 0 bridgehead atoms. The van der Waals surface area contributed by atoms with E-state index in [0.717, 1.165) is 23.5 Å². The van der Waals surface area contributed by atoms with Crippen LogP contribution in [0.15, 0.2) is 42.5 Å². The van der Waals surface area contributed by atoms with Crippen LogP contribution in [0.2, 0.25) is 5.02 Å². The van der Waals surface area contributed by atoms with Crippen LogP contribution < -0.4 is 15.2 Å². The minimum Gasteiger partial charge on any atom is -0.489 e. The molecule has 2 aromatic carbocycles. The van der Waals surface area contributed by atoms with E-state index in [2.05, 4.69) is 6.07 Å². The summed E-state index contributed by atoms with van der Waals surface area (Å²) in [6.45, 7) is 1.05. The van der Waals surface area contributed by atoms with Crippen LogP contribution >= 0.6 is 11.6 Å². The first kappa shape index (κ1) is 14.2. The summed E-state index contributed by atoms with van der Waals surface area (Å²) >= 11 is 6.21. The summed E-state index contributed by atoms with van der Waals surface area (Å²) < 4.78 is 11.8. The molecule has 0 aromatic heterocycles. The first-order valence-corrected chi connectivity index (χ1v) is 7.50. The molecule has 1 aliphatic heterocycles. The third-order valence-corrected chi connectivity index (χ3v) is 3.96. The highest BCUT2D eigenvalue weighted by Gasteiger charge is 2.23. The van der Waals surface area contributed by atoms with Crippen LogP contribution in [0.25, 0.3) is 0 Å². The molecule has 4 heteroatoms. The Labute approximate surface area is 129 Å². The molecule has 0 saturated heterocycles. The van der Waals surface area contributed by atoms with Crippen molar-refractivity contribution in [2.45, 2.75) is 18.9 Å². The zero-order chi connectivity index (χ0) is 14.7. The highest BCUT2D eigenvalue weighted by molar-refractivity contribution is 6.31. The van der Waals surface area contributed by atoms with Crippen LogP contribution in [0.3, 0.4) is 0 Å². The Kier molecular flexibility index (Phi) is 4.32. The second-order valence-corrected chi connectivity index (χ2v) is 5.53. The monoisotopic (exact) mass is 303 g/mol. The van der Waals surface area contributed by atoms with Crippen molar-refractivity contribution in [2.24, 2.45) is 5.73 Å². The van der Waals surface area contributed by atoms with E-state index in [-0.39, 0.29) is 6.10 Å². The molecule has 2 N–H and O–H groups in total. The van der Waals surface area contributed by atoms with E-state index in [4.69, 9.17) is 26.8 Å². The van der Waals surface area contributed by atoms with Crippen molar-refractivity contribution in [1.29, 1.82) is 0 Å². The number of hydrogen-bond acceptors (Lipinski definition) is 3. The molecule has 0 spiro atoms. The minimum absolute atomic E-state index is 0.0482. The maximum atomic E-state index is 6.21. The molecule has 0 radical (unpaired) electrons. The van der Waals surface area contributed by atoms with Crippen molar-refractivity contribution >= 4 is 11.6 Å². The highest BCUT2D eigenvalue weighted by Crippen LogP contribution is 2.30. The molecule has 0 saturated carbocycles. The van der Waals surface area contributed by atoms with Crippen LogP contribution in [0.5, 0.6) is 11.5 Å². The largest absolute Gasteiger partial charge is 0.489 e. The van der Waals surface area contributed by atoms with Gasteiger partial charge >= 0.3 is 0 Å². The van der Waals surface area contributed by atoms with E-state index in [9.17, 15) is 0 Å². The Morgan fingerprint density at radius 2 is 2.05 bits per heavy atom. The molecular weight excluding hydrogens is 286 g/mol. The highest BCUT2D eigenvalue weighted by atomic mass is 35.5. The number of benzene rings is 2. The summed E-state index contributed by atoms with van der Waals surface area (Å²) in [4.78, 5) is 0. The lowest BCUT2D eigenvalue weighted by molar-refractivity contribution is 0.148. The molecule has 1 aliphatic rings. The predicted octanol–water partition coefficient (Wildman–Crippen LogP) is 3.22. The molecule has 2 aromatic rings. The second kappa shape index (κ2) is 6.37. The topological polar surface area (TPSA) is 44.5 Å². The van der Waals surface area contributed by atoms with E-state index in [1.165, 1.54) is 5.56 Å². The quantitative estimate of drug-likeness (QED) is 0.922. The van der Waals surface area contributed by atoms with E-state index in [0.29, 0.717) is 24.6 Å². The van der Waals surface area contributed by atoms with Gasteiger partial charge in [0.25, 0.3) is 0 Å². The second-order valence-electron chi connectivity index (χ2n) is 5.12. The molecule has 3 rings (SSSR count). The zero-order valence-corrected chi connectivity index (χ0v) is 12.5. The fourth-order valence-corrected chi connectivity index (χ4v) is 2.85. The van der Waals surface area contributed by atoms with Gasteiger partial charge < -0.3 is 15.2 Å². The van der Waals surface area contributed by atoms with E-state index in [1.54, 1.807) is 0 Å². The van der Waals surface area contributed by atoms with Gasteiger partial charge in [0.05, 0.1) is 0 Å². The van der Waals surface area contributed by atoms with Gasteiger partial charge in [-0.2, -0.15) is 0 Å².